The van der Waals surface area contributed by atoms with Crippen LogP contribution in [0.2, 0.25) is 33.0 Å². The Morgan fingerprint density at radius 3 is 1.55 bits per heavy atom. The molecule has 0 spiro atoms. The molecule has 1 aromatic carbocycles. The topological polar surface area (TPSA) is 9.23 Å². The molecule has 0 heterocycles. The van der Waals surface area contributed by atoms with Crippen LogP contribution >= 0.6 is 0 Å². The Kier molecular flexibility index (Phi) is 11.7. The van der Waals surface area contributed by atoms with E-state index in [1.165, 1.54) is 0 Å². The number of methoxy groups -OCH3 is 1. The number of hydrogen-bond acceptors (Lipinski definition) is 1. The average Bonchev–Trinajstić information content (AvgIpc) is 2.70. The summed E-state index contributed by atoms with van der Waals surface area (Å²) in [4.78, 5) is 0. The van der Waals surface area contributed by atoms with E-state index < -0.39 is 32.6 Å². The number of hydrogen-bond donors (Lipinski definition) is 0. The summed E-state index contributed by atoms with van der Waals surface area (Å²) in [5.41, 5.74) is 0.814. The van der Waals surface area contributed by atoms with E-state index in [2.05, 4.69) is 20.8 Å². The summed E-state index contributed by atoms with van der Waals surface area (Å²) in [5.74, 6) is 0.695. The molecular weight excluding hydrogens is 520 g/mol. The van der Waals surface area contributed by atoms with Gasteiger partial charge in [-0.2, -0.15) is 0 Å². The molecule has 0 fully saturated rings. The van der Waals surface area contributed by atoms with Gasteiger partial charge in [-0.05, 0) is 0 Å². The van der Waals surface area contributed by atoms with Gasteiger partial charge in [0.2, 0.25) is 0 Å². The second kappa shape index (κ2) is 12.7. The molecule has 0 unspecified atom stereocenters. The van der Waals surface area contributed by atoms with E-state index in [-0.39, 0.29) is 5.20 Å². The predicted octanol–water partition coefficient (Wildman–Crippen LogP) is 9.28. The Morgan fingerprint density at radius 2 is 1.26 bits per heavy atom. The van der Waals surface area contributed by atoms with Gasteiger partial charge in [0.05, 0.1) is 0 Å². The van der Waals surface area contributed by atoms with E-state index in [0.717, 1.165) is 61.0 Å². The van der Waals surface area contributed by atoms with Crippen LogP contribution in [0.4, 0.5) is 13.2 Å². The molecule has 0 saturated carbocycles. The van der Waals surface area contributed by atoms with Crippen molar-refractivity contribution in [3.05, 3.63) is 35.0 Å². The van der Waals surface area contributed by atoms with Crippen LogP contribution in [-0.4, -0.2) is 39.7 Å². The van der Waals surface area contributed by atoms with Crippen molar-refractivity contribution in [2.24, 2.45) is 0 Å². The Labute approximate surface area is 193 Å². The molecule has 0 amide bonds. The first-order valence-electron chi connectivity index (χ1n) is 11.9. The second-order valence-corrected chi connectivity index (χ2v) is 27.8. The van der Waals surface area contributed by atoms with Crippen LogP contribution < -0.4 is 4.74 Å². The molecule has 6 heteroatoms. The molecule has 0 aliphatic rings. The molecule has 1 nitrogen and oxygen atoms in total. The van der Waals surface area contributed by atoms with Gasteiger partial charge in [0.1, 0.15) is 0 Å². The van der Waals surface area contributed by atoms with Crippen molar-refractivity contribution in [1.29, 1.82) is 0 Å². The summed E-state index contributed by atoms with van der Waals surface area (Å²) >= 11 is -3.38. The standard InChI is InChI=1S/C13H16F3OSi.3C4H9.Sn/c1-17-11-7-5-10(6-8-11)9-12(13(14,15)16)18(2,3)4;3*1-3-4-2;/h5-8H,1-4H3;3*1,3-4H2,2H3;. The van der Waals surface area contributed by atoms with E-state index >= 15 is 0 Å². The summed E-state index contributed by atoms with van der Waals surface area (Å²) in [5, 5.41) is -0.135. The van der Waals surface area contributed by atoms with E-state index in [9.17, 15) is 13.2 Å². The summed E-state index contributed by atoms with van der Waals surface area (Å²) in [6.07, 6.45) is 1.98. The third kappa shape index (κ3) is 8.13. The number of allylic oxidation sites excluding steroid dienone is 1. The zero-order valence-electron chi connectivity index (χ0n) is 20.7. The van der Waals surface area contributed by atoms with E-state index in [4.69, 9.17) is 4.74 Å². The number of benzene rings is 1. The normalized spacial score (nSPS) is 13.9. The fourth-order valence-corrected chi connectivity index (χ4v) is 28.7. The van der Waals surface area contributed by atoms with Crippen LogP contribution in [0.1, 0.15) is 64.9 Å². The number of unbranched alkanes of at least 4 members (excludes halogenated alkanes) is 3. The molecule has 1 aromatic rings. The molecule has 0 N–H and O–H groups in total. The SMILES string of the molecule is CCC[CH2][Sn]([CH2]CCC)([CH2]CCC)/[C](=C(/C(F)(F)F)[Si](C)(C)C)c1ccc(OC)cc1. The Bertz CT molecular complexity index is 652. The number of alkyl halides is 3. The number of rotatable bonds is 13. The minimum atomic E-state index is -4.27. The molecule has 0 aliphatic heterocycles. The van der Waals surface area contributed by atoms with Gasteiger partial charge in [0.25, 0.3) is 0 Å². The summed E-state index contributed by atoms with van der Waals surface area (Å²) in [6, 6.07) is 7.47. The van der Waals surface area contributed by atoms with E-state index in [1.807, 2.05) is 43.9 Å². The molecular formula is C25H43F3OSiSn. The van der Waals surface area contributed by atoms with Gasteiger partial charge in [-0.15, -0.1) is 0 Å². The summed E-state index contributed by atoms with van der Waals surface area (Å²) < 4.78 is 53.5. The van der Waals surface area contributed by atoms with Crippen LogP contribution in [0.3, 0.4) is 0 Å². The third-order valence-corrected chi connectivity index (χ3v) is 24.8. The zero-order chi connectivity index (χ0) is 23.7. The fraction of sp³-hybridized carbons (Fsp3) is 0.680. The van der Waals surface area contributed by atoms with Crippen LogP contribution in [0.5, 0.6) is 5.75 Å². The maximum absolute atomic E-state index is 14.8. The molecule has 31 heavy (non-hydrogen) atoms. The first kappa shape index (κ1) is 28.6. The molecule has 178 valence electrons. The van der Waals surface area contributed by atoms with Gasteiger partial charge < -0.3 is 0 Å². The average molecular weight is 563 g/mol. The Morgan fingerprint density at radius 1 is 0.839 bits per heavy atom. The van der Waals surface area contributed by atoms with Crippen LogP contribution in [0, 0.1) is 0 Å². The molecule has 1 rings (SSSR count). The molecule has 0 radical (unpaired) electrons. The van der Waals surface area contributed by atoms with Gasteiger partial charge in [-0.3, -0.25) is 0 Å². The Balaban J connectivity index is 4.00. The Hall–Kier alpha value is -0.434. The van der Waals surface area contributed by atoms with Crippen molar-refractivity contribution in [1.82, 2.24) is 0 Å². The third-order valence-electron chi connectivity index (χ3n) is 6.22. The molecule has 0 saturated heterocycles. The van der Waals surface area contributed by atoms with Crippen LogP contribution in [-0.2, 0) is 0 Å². The van der Waals surface area contributed by atoms with Crippen molar-refractivity contribution < 1.29 is 17.9 Å². The number of halogens is 3. The molecule has 0 aromatic heterocycles. The van der Waals surface area contributed by atoms with E-state index in [1.54, 1.807) is 7.11 Å². The quantitative estimate of drug-likeness (QED) is 0.218. The zero-order valence-corrected chi connectivity index (χ0v) is 24.6. The van der Waals surface area contributed by atoms with Crippen molar-refractivity contribution >= 4 is 30.0 Å². The van der Waals surface area contributed by atoms with Crippen molar-refractivity contribution in [2.45, 2.75) is 98.4 Å². The van der Waals surface area contributed by atoms with Gasteiger partial charge >= 0.3 is 194 Å². The summed E-state index contributed by atoms with van der Waals surface area (Å²) in [6.45, 7) is 12.1. The first-order chi connectivity index (χ1) is 14.5. The van der Waals surface area contributed by atoms with Gasteiger partial charge in [-0.25, -0.2) is 0 Å². The summed E-state index contributed by atoms with van der Waals surface area (Å²) in [7, 11) is -1.04. The minimum absolute atomic E-state index is 0.135. The predicted molar refractivity (Wildman–Crippen MR) is 134 cm³/mol. The van der Waals surface area contributed by atoms with Gasteiger partial charge in [0.15, 0.2) is 0 Å². The van der Waals surface area contributed by atoms with Crippen molar-refractivity contribution in [3.8, 4) is 5.75 Å². The van der Waals surface area contributed by atoms with Crippen LogP contribution in [0.25, 0.3) is 3.59 Å². The monoisotopic (exact) mass is 564 g/mol. The number of ether oxygens (including phenoxy) is 1. The van der Waals surface area contributed by atoms with Gasteiger partial charge in [-0.1, -0.05) is 0 Å². The fourth-order valence-electron chi connectivity index (χ4n) is 4.71. The van der Waals surface area contributed by atoms with E-state index in [0.29, 0.717) is 5.75 Å². The maximum atomic E-state index is 14.8. The van der Waals surface area contributed by atoms with Crippen LogP contribution in [0.15, 0.2) is 29.5 Å². The van der Waals surface area contributed by atoms with Gasteiger partial charge in [0, 0.05) is 0 Å². The van der Waals surface area contributed by atoms with Crippen molar-refractivity contribution in [3.63, 3.8) is 0 Å². The second-order valence-electron chi connectivity index (χ2n) is 9.82. The first-order valence-corrected chi connectivity index (χ1v) is 22.9. The molecule has 0 atom stereocenters. The van der Waals surface area contributed by atoms with Crippen molar-refractivity contribution in [2.75, 3.05) is 7.11 Å². The molecule has 0 bridgehead atoms. The molecule has 0 aliphatic carbocycles.